The van der Waals surface area contributed by atoms with E-state index in [4.69, 9.17) is 4.99 Å². The Morgan fingerprint density at radius 3 is 2.21 bits per heavy atom. The van der Waals surface area contributed by atoms with E-state index in [0.29, 0.717) is 24.2 Å². The lowest BCUT2D eigenvalue weighted by molar-refractivity contribution is -0.137. The van der Waals surface area contributed by atoms with Gasteiger partial charge in [-0.3, -0.25) is 9.79 Å². The number of carbonyl (C=O) groups is 1. The van der Waals surface area contributed by atoms with Gasteiger partial charge in [-0.25, -0.2) is 0 Å². The lowest BCUT2D eigenvalue weighted by atomic mass is 9.93. The predicted molar refractivity (Wildman–Crippen MR) is 131 cm³/mol. The first-order valence-corrected chi connectivity index (χ1v) is 12.8. The number of nitrogens with one attached hydrogen (secondary N) is 1. The highest BCUT2D eigenvalue weighted by Gasteiger charge is 2.37. The summed E-state index contributed by atoms with van der Waals surface area (Å²) in [5.74, 6) is 0.678. The van der Waals surface area contributed by atoms with E-state index in [1.165, 1.54) is 50.7 Å². The molecule has 1 N–H and O–H groups in total. The van der Waals surface area contributed by atoms with Crippen LogP contribution in [0.4, 0.5) is 18.9 Å². The second-order valence-corrected chi connectivity index (χ2v) is 10.2. The second-order valence-electron chi connectivity index (χ2n) is 9.19. The van der Waals surface area contributed by atoms with Crippen molar-refractivity contribution in [1.82, 2.24) is 4.90 Å². The van der Waals surface area contributed by atoms with Crippen molar-refractivity contribution in [3.05, 3.63) is 29.8 Å². The predicted octanol–water partition coefficient (Wildman–Crippen LogP) is 6.89. The second kappa shape index (κ2) is 11.8. The number of thioether (sulfide) groups is 1. The SMILES string of the molecule is Cl.O=C(CC1CS/C(=N\C2CCCCC2)N1C1CCCCC1)Nc1ccc(C(F)(F)F)cc1. The summed E-state index contributed by atoms with van der Waals surface area (Å²) in [4.78, 5) is 20.3. The molecular weight excluding hydrogens is 471 g/mol. The molecular formula is C24H33ClF3N3OS. The van der Waals surface area contributed by atoms with Crippen LogP contribution in [-0.2, 0) is 11.0 Å². The van der Waals surface area contributed by atoms with Crippen molar-refractivity contribution in [3.8, 4) is 0 Å². The molecule has 4 rings (SSSR count). The van der Waals surface area contributed by atoms with Crippen molar-refractivity contribution in [2.45, 2.75) is 94.9 Å². The third kappa shape index (κ3) is 7.04. The number of amides is 1. The zero-order chi connectivity index (χ0) is 22.6. The number of halogens is 4. The number of amidine groups is 1. The van der Waals surface area contributed by atoms with Gasteiger partial charge in [0, 0.05) is 29.9 Å². The van der Waals surface area contributed by atoms with E-state index in [1.807, 2.05) is 0 Å². The topological polar surface area (TPSA) is 44.7 Å². The van der Waals surface area contributed by atoms with Gasteiger partial charge >= 0.3 is 6.18 Å². The third-order valence-electron chi connectivity index (χ3n) is 6.77. The molecule has 0 radical (unpaired) electrons. The van der Waals surface area contributed by atoms with Crippen LogP contribution in [0, 0.1) is 0 Å². The van der Waals surface area contributed by atoms with E-state index in [1.54, 1.807) is 11.8 Å². The van der Waals surface area contributed by atoms with Crippen LogP contribution >= 0.6 is 24.2 Å². The van der Waals surface area contributed by atoms with Crippen molar-refractivity contribution in [3.63, 3.8) is 0 Å². The molecule has 1 saturated heterocycles. The molecule has 0 spiro atoms. The van der Waals surface area contributed by atoms with Crippen LogP contribution in [0.25, 0.3) is 0 Å². The summed E-state index contributed by atoms with van der Waals surface area (Å²) in [6.45, 7) is 0. The fraction of sp³-hybridized carbons (Fsp3) is 0.667. The standard InChI is InChI=1S/C24H32F3N3OS.ClH/c25-24(26,27)17-11-13-19(14-12-17)28-22(31)15-21-16-32-23(29-18-7-3-1-4-8-18)30(21)20-9-5-2-6-10-20;/h11-14,18,20-21H,1-10,15-16H2,(H,28,31);1H/b29-23-;. The number of benzene rings is 1. The Bertz CT molecular complexity index is 806. The first kappa shape index (κ1) is 26.2. The largest absolute Gasteiger partial charge is 0.416 e. The fourth-order valence-corrected chi connectivity index (χ4v) is 6.38. The summed E-state index contributed by atoms with van der Waals surface area (Å²) < 4.78 is 38.3. The Morgan fingerprint density at radius 2 is 1.61 bits per heavy atom. The molecule has 2 aliphatic carbocycles. The van der Waals surface area contributed by atoms with Crippen LogP contribution in [-0.4, -0.2) is 39.9 Å². The van der Waals surface area contributed by atoms with Gasteiger partial charge in [0.15, 0.2) is 5.17 Å². The first-order chi connectivity index (χ1) is 15.4. The molecule has 1 atom stereocenters. The molecule has 9 heteroatoms. The van der Waals surface area contributed by atoms with Crippen molar-refractivity contribution >= 4 is 40.9 Å². The van der Waals surface area contributed by atoms with Crippen LogP contribution in [0.5, 0.6) is 0 Å². The average Bonchev–Trinajstić information content (AvgIpc) is 3.16. The van der Waals surface area contributed by atoms with Crippen LogP contribution in [0.3, 0.4) is 0 Å². The molecule has 33 heavy (non-hydrogen) atoms. The molecule has 1 unspecified atom stereocenters. The van der Waals surface area contributed by atoms with Crippen LogP contribution < -0.4 is 5.32 Å². The Hall–Kier alpha value is -1.41. The lowest BCUT2D eigenvalue weighted by Gasteiger charge is -2.37. The summed E-state index contributed by atoms with van der Waals surface area (Å²) >= 11 is 1.77. The molecule has 1 amide bonds. The zero-order valence-corrected chi connectivity index (χ0v) is 20.4. The number of rotatable bonds is 5. The molecule has 1 heterocycles. The number of hydrogen-bond acceptors (Lipinski definition) is 3. The molecule has 0 aromatic heterocycles. The third-order valence-corrected chi connectivity index (χ3v) is 7.90. The van der Waals surface area contributed by atoms with E-state index in [0.717, 1.165) is 48.7 Å². The summed E-state index contributed by atoms with van der Waals surface area (Å²) in [6.07, 6.45) is 8.03. The maximum Gasteiger partial charge on any atom is 0.416 e. The van der Waals surface area contributed by atoms with Gasteiger partial charge < -0.3 is 10.2 Å². The van der Waals surface area contributed by atoms with E-state index >= 15 is 0 Å². The highest BCUT2D eigenvalue weighted by molar-refractivity contribution is 8.14. The van der Waals surface area contributed by atoms with Gasteiger partial charge in [0.05, 0.1) is 11.6 Å². The highest BCUT2D eigenvalue weighted by Crippen LogP contribution is 2.36. The van der Waals surface area contributed by atoms with Gasteiger partial charge in [0.25, 0.3) is 0 Å². The lowest BCUT2D eigenvalue weighted by Crippen LogP contribution is -2.45. The molecule has 1 aliphatic heterocycles. The van der Waals surface area contributed by atoms with Crippen molar-refractivity contribution in [2.75, 3.05) is 11.1 Å². The van der Waals surface area contributed by atoms with E-state index in [2.05, 4.69) is 10.2 Å². The molecule has 184 valence electrons. The molecule has 2 saturated carbocycles. The molecule has 3 aliphatic rings. The minimum atomic E-state index is -4.38. The average molecular weight is 504 g/mol. The Labute approximate surface area is 204 Å². The molecule has 1 aromatic carbocycles. The number of anilines is 1. The van der Waals surface area contributed by atoms with E-state index in [9.17, 15) is 18.0 Å². The zero-order valence-electron chi connectivity index (χ0n) is 18.8. The number of nitrogens with zero attached hydrogens (tertiary/aromatic N) is 2. The number of carbonyl (C=O) groups excluding carboxylic acids is 1. The number of aliphatic imine (C=N–C) groups is 1. The monoisotopic (exact) mass is 503 g/mol. The van der Waals surface area contributed by atoms with Gasteiger partial charge in [0.2, 0.25) is 5.91 Å². The molecule has 4 nitrogen and oxygen atoms in total. The molecule has 1 aromatic rings. The first-order valence-electron chi connectivity index (χ1n) is 11.9. The van der Waals surface area contributed by atoms with Gasteiger partial charge in [-0.05, 0) is 49.9 Å². The number of alkyl halides is 3. The van der Waals surface area contributed by atoms with Crippen molar-refractivity contribution in [2.24, 2.45) is 4.99 Å². The van der Waals surface area contributed by atoms with Gasteiger partial charge in [-0.1, -0.05) is 50.3 Å². The normalized spacial score (nSPS) is 24.0. The Balaban J connectivity index is 0.00000306. The Kier molecular flexibility index (Phi) is 9.39. The molecule has 3 fully saturated rings. The molecule has 0 bridgehead atoms. The number of hydrogen-bond donors (Lipinski definition) is 1. The van der Waals surface area contributed by atoms with E-state index < -0.39 is 11.7 Å². The van der Waals surface area contributed by atoms with Crippen LogP contribution in [0.1, 0.15) is 76.2 Å². The van der Waals surface area contributed by atoms with Crippen LogP contribution in [0.15, 0.2) is 29.3 Å². The quantitative estimate of drug-likeness (QED) is 0.475. The van der Waals surface area contributed by atoms with E-state index in [-0.39, 0.29) is 24.4 Å². The maximum absolute atomic E-state index is 12.8. The summed E-state index contributed by atoms with van der Waals surface area (Å²) in [5.41, 5.74) is -0.316. The van der Waals surface area contributed by atoms with Gasteiger partial charge in [-0.15, -0.1) is 12.4 Å². The summed E-state index contributed by atoms with van der Waals surface area (Å²) in [6, 6.07) is 5.56. The minimum absolute atomic E-state index is 0. The van der Waals surface area contributed by atoms with Gasteiger partial charge in [-0.2, -0.15) is 13.2 Å². The summed E-state index contributed by atoms with van der Waals surface area (Å²) in [5, 5.41) is 3.89. The van der Waals surface area contributed by atoms with Gasteiger partial charge in [0.1, 0.15) is 0 Å². The maximum atomic E-state index is 12.8. The summed E-state index contributed by atoms with van der Waals surface area (Å²) in [7, 11) is 0. The van der Waals surface area contributed by atoms with Crippen molar-refractivity contribution in [1.29, 1.82) is 0 Å². The van der Waals surface area contributed by atoms with Crippen molar-refractivity contribution < 1.29 is 18.0 Å². The highest BCUT2D eigenvalue weighted by atomic mass is 35.5. The minimum Gasteiger partial charge on any atom is -0.344 e. The Morgan fingerprint density at radius 1 is 1.00 bits per heavy atom. The smallest absolute Gasteiger partial charge is 0.344 e. The fourth-order valence-electron chi connectivity index (χ4n) is 5.09. The van der Waals surface area contributed by atoms with Crippen LogP contribution in [0.2, 0.25) is 0 Å².